The molecule has 3 aromatic carbocycles. The molecule has 0 saturated carbocycles. The van der Waals surface area contributed by atoms with Crippen LogP contribution in [0.3, 0.4) is 0 Å². The normalized spacial score (nSPS) is 10.8. The van der Waals surface area contributed by atoms with Gasteiger partial charge in [-0.25, -0.2) is 5.43 Å². The number of fused-ring (bicyclic) bond motifs is 1. The van der Waals surface area contributed by atoms with Gasteiger partial charge in [0.2, 0.25) is 0 Å². The van der Waals surface area contributed by atoms with Gasteiger partial charge in [0.15, 0.2) is 18.1 Å². The summed E-state index contributed by atoms with van der Waals surface area (Å²) < 4.78 is 11.0. The number of ether oxygens (including phenoxy) is 2. The molecule has 5 heteroatoms. The fourth-order valence-corrected chi connectivity index (χ4v) is 2.49. The highest BCUT2D eigenvalue weighted by Crippen LogP contribution is 2.26. The average molecular weight is 348 g/mol. The molecule has 0 aliphatic heterocycles. The second-order valence-corrected chi connectivity index (χ2v) is 5.57. The molecular formula is C21H20N2O3. The van der Waals surface area contributed by atoms with Crippen molar-refractivity contribution in [3.05, 3.63) is 72.3 Å². The first-order valence-electron chi connectivity index (χ1n) is 8.41. The van der Waals surface area contributed by atoms with E-state index in [2.05, 4.69) is 16.6 Å². The lowest BCUT2D eigenvalue weighted by Crippen LogP contribution is -2.24. The van der Waals surface area contributed by atoms with Crippen molar-refractivity contribution in [3.8, 4) is 11.5 Å². The molecule has 5 nitrogen and oxygen atoms in total. The van der Waals surface area contributed by atoms with E-state index >= 15 is 0 Å². The summed E-state index contributed by atoms with van der Waals surface area (Å²) in [5, 5.41) is 6.27. The number of nitrogens with zero attached hydrogens (tertiary/aromatic N) is 1. The molecule has 0 aromatic heterocycles. The van der Waals surface area contributed by atoms with Crippen molar-refractivity contribution in [1.82, 2.24) is 5.43 Å². The number of rotatable bonds is 7. The van der Waals surface area contributed by atoms with Crippen LogP contribution in [0.4, 0.5) is 0 Å². The average Bonchev–Trinajstić information content (AvgIpc) is 2.67. The molecular weight excluding hydrogens is 328 g/mol. The highest BCUT2D eigenvalue weighted by Gasteiger charge is 2.06. The quantitative estimate of drug-likeness (QED) is 0.522. The monoisotopic (exact) mass is 348 g/mol. The Morgan fingerprint density at radius 3 is 2.42 bits per heavy atom. The van der Waals surface area contributed by atoms with Gasteiger partial charge in [-0.2, -0.15) is 5.10 Å². The van der Waals surface area contributed by atoms with Gasteiger partial charge in [-0.3, -0.25) is 4.79 Å². The molecule has 26 heavy (non-hydrogen) atoms. The van der Waals surface area contributed by atoms with Crippen LogP contribution >= 0.6 is 0 Å². The van der Waals surface area contributed by atoms with Crippen LogP contribution in [0.1, 0.15) is 12.5 Å². The molecule has 3 rings (SSSR count). The van der Waals surface area contributed by atoms with Crippen LogP contribution in [0.15, 0.2) is 71.8 Å². The molecule has 0 spiro atoms. The first kappa shape index (κ1) is 17.5. The van der Waals surface area contributed by atoms with Gasteiger partial charge >= 0.3 is 0 Å². The second-order valence-electron chi connectivity index (χ2n) is 5.57. The van der Waals surface area contributed by atoms with Gasteiger partial charge in [0.05, 0.1) is 12.8 Å². The predicted molar refractivity (Wildman–Crippen MR) is 103 cm³/mol. The van der Waals surface area contributed by atoms with Crippen molar-refractivity contribution in [2.45, 2.75) is 6.92 Å². The lowest BCUT2D eigenvalue weighted by molar-refractivity contribution is -0.123. The van der Waals surface area contributed by atoms with Gasteiger partial charge in [0.25, 0.3) is 5.91 Å². The Bertz CT molecular complexity index is 922. The van der Waals surface area contributed by atoms with E-state index < -0.39 is 0 Å². The summed E-state index contributed by atoms with van der Waals surface area (Å²) in [5.74, 6) is 0.804. The first-order chi connectivity index (χ1) is 12.8. The third-order valence-corrected chi connectivity index (χ3v) is 3.68. The van der Waals surface area contributed by atoms with Crippen LogP contribution in [0.2, 0.25) is 0 Å². The lowest BCUT2D eigenvalue weighted by Gasteiger charge is -2.10. The number of nitrogens with one attached hydrogen (secondary N) is 1. The van der Waals surface area contributed by atoms with Crippen molar-refractivity contribution in [2.24, 2.45) is 5.10 Å². The van der Waals surface area contributed by atoms with Gasteiger partial charge in [0, 0.05) is 0 Å². The molecule has 1 N–H and O–H groups in total. The number of hydrogen-bond acceptors (Lipinski definition) is 4. The third-order valence-electron chi connectivity index (χ3n) is 3.68. The number of carbonyl (C=O) groups excluding carboxylic acids is 1. The standard InChI is InChI=1S/C21H20N2O3/c1-2-25-19-9-5-6-10-20(19)26-15-21(24)23-22-14-16-11-12-17-7-3-4-8-18(17)13-16/h3-14H,2,15H2,1H3,(H,23,24)/b22-14+. The maximum Gasteiger partial charge on any atom is 0.277 e. The zero-order chi connectivity index (χ0) is 18.2. The number of amides is 1. The molecule has 1 amide bonds. The van der Waals surface area contributed by atoms with Crippen LogP contribution in [0.25, 0.3) is 10.8 Å². The molecule has 0 heterocycles. The SMILES string of the molecule is CCOc1ccccc1OCC(=O)N/N=C/c1ccc2ccccc2c1. The maximum atomic E-state index is 11.9. The highest BCUT2D eigenvalue weighted by atomic mass is 16.5. The molecule has 0 radical (unpaired) electrons. The molecule has 3 aromatic rings. The minimum atomic E-state index is -0.339. The summed E-state index contributed by atoms with van der Waals surface area (Å²) in [5.41, 5.74) is 3.37. The second kappa shape index (κ2) is 8.67. The van der Waals surface area contributed by atoms with Gasteiger partial charge in [-0.1, -0.05) is 48.5 Å². The van der Waals surface area contributed by atoms with Crippen molar-refractivity contribution in [3.63, 3.8) is 0 Å². The van der Waals surface area contributed by atoms with Crippen LogP contribution in [-0.4, -0.2) is 25.3 Å². The molecule has 0 atom stereocenters. The molecule has 0 unspecified atom stereocenters. The Balaban J connectivity index is 1.54. The van der Waals surface area contributed by atoms with Crippen molar-refractivity contribution >= 4 is 22.9 Å². The van der Waals surface area contributed by atoms with E-state index in [4.69, 9.17) is 9.47 Å². The third kappa shape index (κ3) is 4.60. The van der Waals surface area contributed by atoms with E-state index in [1.54, 1.807) is 18.3 Å². The molecule has 0 fully saturated rings. The largest absolute Gasteiger partial charge is 0.490 e. The molecule has 132 valence electrons. The van der Waals surface area contributed by atoms with E-state index in [9.17, 15) is 4.79 Å². The maximum absolute atomic E-state index is 11.9. The van der Waals surface area contributed by atoms with E-state index in [1.165, 1.54) is 0 Å². The summed E-state index contributed by atoms with van der Waals surface area (Å²) in [7, 11) is 0. The molecule has 0 bridgehead atoms. The van der Waals surface area contributed by atoms with Gasteiger partial charge < -0.3 is 9.47 Å². The van der Waals surface area contributed by atoms with E-state index in [1.807, 2.05) is 55.5 Å². The van der Waals surface area contributed by atoms with Gasteiger partial charge in [-0.15, -0.1) is 0 Å². The number of hydrazone groups is 1. The smallest absolute Gasteiger partial charge is 0.277 e. The highest BCUT2D eigenvalue weighted by molar-refractivity contribution is 5.90. The number of benzene rings is 3. The summed E-state index contributed by atoms with van der Waals surface area (Å²) in [4.78, 5) is 11.9. The van der Waals surface area contributed by atoms with Crippen LogP contribution in [-0.2, 0) is 4.79 Å². The number of hydrogen-bond donors (Lipinski definition) is 1. The van der Waals surface area contributed by atoms with Gasteiger partial charge in [-0.05, 0) is 41.5 Å². The Hall–Kier alpha value is -3.34. The molecule has 0 saturated heterocycles. The van der Waals surface area contributed by atoms with Crippen molar-refractivity contribution in [2.75, 3.05) is 13.2 Å². The van der Waals surface area contributed by atoms with Crippen molar-refractivity contribution < 1.29 is 14.3 Å². The Labute approximate surface area is 152 Å². The summed E-state index contributed by atoms with van der Waals surface area (Å²) >= 11 is 0. The number of carbonyl (C=O) groups is 1. The Morgan fingerprint density at radius 1 is 0.962 bits per heavy atom. The van der Waals surface area contributed by atoms with Crippen molar-refractivity contribution in [1.29, 1.82) is 0 Å². The topological polar surface area (TPSA) is 59.9 Å². The Morgan fingerprint density at radius 2 is 1.65 bits per heavy atom. The number of para-hydroxylation sites is 2. The van der Waals surface area contributed by atoms with E-state index in [-0.39, 0.29) is 12.5 Å². The summed E-state index contributed by atoms with van der Waals surface area (Å²) in [6.07, 6.45) is 1.61. The van der Waals surface area contributed by atoms with E-state index in [0.29, 0.717) is 18.1 Å². The zero-order valence-corrected chi connectivity index (χ0v) is 14.5. The predicted octanol–water partition coefficient (Wildman–Crippen LogP) is 3.77. The van der Waals surface area contributed by atoms with Crippen LogP contribution < -0.4 is 14.9 Å². The minimum Gasteiger partial charge on any atom is -0.490 e. The van der Waals surface area contributed by atoms with Gasteiger partial charge in [0.1, 0.15) is 0 Å². The minimum absolute atomic E-state index is 0.140. The summed E-state index contributed by atoms with van der Waals surface area (Å²) in [6, 6.07) is 21.3. The molecule has 0 aliphatic rings. The fourth-order valence-electron chi connectivity index (χ4n) is 2.49. The first-order valence-corrected chi connectivity index (χ1v) is 8.41. The fraction of sp³-hybridized carbons (Fsp3) is 0.143. The summed E-state index contributed by atoms with van der Waals surface area (Å²) in [6.45, 7) is 2.28. The van der Waals surface area contributed by atoms with E-state index in [0.717, 1.165) is 16.3 Å². The lowest BCUT2D eigenvalue weighted by atomic mass is 10.1. The van der Waals surface area contributed by atoms with Crippen LogP contribution in [0.5, 0.6) is 11.5 Å². The molecule has 0 aliphatic carbocycles. The zero-order valence-electron chi connectivity index (χ0n) is 14.5. The van der Waals surface area contributed by atoms with Crippen LogP contribution in [0, 0.1) is 0 Å². The Kier molecular flexibility index (Phi) is 5.83.